The van der Waals surface area contributed by atoms with Crippen molar-refractivity contribution in [3.8, 4) is 5.19 Å². The molecule has 0 aliphatic carbocycles. The third kappa shape index (κ3) is 2.59. The molecule has 0 aliphatic heterocycles. The number of halogens is 1. The summed E-state index contributed by atoms with van der Waals surface area (Å²) in [7, 11) is 1.30. The molecule has 78 valence electrons. The molecule has 0 fully saturated rings. The summed E-state index contributed by atoms with van der Waals surface area (Å²) in [6.45, 7) is 2.54. The molecule has 0 saturated heterocycles. The van der Waals surface area contributed by atoms with Crippen molar-refractivity contribution in [2.45, 2.75) is 13.3 Å². The molecular weight excluding hydrogens is 226 g/mol. The number of ether oxygens (including phenoxy) is 2. The number of carbonyl (C=O) groups excluding carboxylic acids is 1. The minimum atomic E-state index is -0.487. The largest absolute Gasteiger partial charge is 0.470 e. The highest BCUT2D eigenvalue weighted by Crippen LogP contribution is 2.29. The number of rotatable bonds is 4. The molecule has 4 nitrogen and oxygen atoms in total. The first-order valence-electron chi connectivity index (χ1n) is 4.06. The summed E-state index contributed by atoms with van der Waals surface area (Å²) in [6.07, 6.45) is 0.880. The Kier molecular flexibility index (Phi) is 4.16. The number of carbonyl (C=O) groups is 1. The first kappa shape index (κ1) is 11.3. The summed E-state index contributed by atoms with van der Waals surface area (Å²) in [4.78, 5) is 15.3. The number of methoxy groups -OCH3 is 1. The van der Waals surface area contributed by atoms with Crippen LogP contribution in [0.1, 0.15) is 23.0 Å². The molecule has 0 aliphatic rings. The molecule has 6 heteroatoms. The first-order valence-corrected chi connectivity index (χ1v) is 5.26. The molecule has 1 heterocycles. The fourth-order valence-corrected chi connectivity index (χ4v) is 1.82. The van der Waals surface area contributed by atoms with Crippen molar-refractivity contribution >= 4 is 28.9 Å². The second-order valence-corrected chi connectivity index (χ2v) is 3.76. The van der Waals surface area contributed by atoms with Crippen molar-refractivity contribution in [1.82, 2.24) is 4.98 Å². The highest BCUT2D eigenvalue weighted by molar-refractivity contribution is 7.15. The van der Waals surface area contributed by atoms with Crippen LogP contribution in [0, 0.1) is 0 Å². The standard InChI is InChI=1S/C8H10ClNO3S/c1-3-4-13-8-10-6(9)5(14-8)7(11)12-2/h3-4H2,1-2H3. The molecular formula is C8H10ClNO3S. The maximum Gasteiger partial charge on any atom is 0.351 e. The Morgan fingerprint density at radius 1 is 1.64 bits per heavy atom. The van der Waals surface area contributed by atoms with Crippen LogP contribution in [0.15, 0.2) is 0 Å². The lowest BCUT2D eigenvalue weighted by molar-refractivity contribution is 0.0606. The molecule has 0 N–H and O–H groups in total. The van der Waals surface area contributed by atoms with Gasteiger partial charge in [-0.15, -0.1) is 0 Å². The molecule has 0 aromatic carbocycles. The van der Waals surface area contributed by atoms with E-state index in [9.17, 15) is 4.79 Å². The van der Waals surface area contributed by atoms with Crippen LogP contribution in [0.3, 0.4) is 0 Å². The molecule has 0 radical (unpaired) electrons. The van der Waals surface area contributed by atoms with Gasteiger partial charge in [0.2, 0.25) is 0 Å². The molecule has 0 bridgehead atoms. The fourth-order valence-electron chi connectivity index (χ4n) is 0.753. The Hall–Kier alpha value is -0.810. The second-order valence-electron chi connectivity index (χ2n) is 2.44. The van der Waals surface area contributed by atoms with Crippen molar-refractivity contribution in [1.29, 1.82) is 0 Å². The van der Waals surface area contributed by atoms with Crippen LogP contribution in [0.4, 0.5) is 0 Å². The molecule has 0 unspecified atom stereocenters. The van der Waals surface area contributed by atoms with Crippen molar-refractivity contribution in [3.05, 3.63) is 10.0 Å². The third-order valence-electron chi connectivity index (χ3n) is 1.37. The molecule has 0 amide bonds. The van der Waals surface area contributed by atoms with Gasteiger partial charge in [-0.05, 0) is 6.42 Å². The molecule has 1 rings (SSSR count). The van der Waals surface area contributed by atoms with Crippen LogP contribution in [0.2, 0.25) is 5.15 Å². The second kappa shape index (κ2) is 5.17. The van der Waals surface area contributed by atoms with E-state index in [1.165, 1.54) is 7.11 Å². The fraction of sp³-hybridized carbons (Fsp3) is 0.500. The zero-order valence-electron chi connectivity index (χ0n) is 7.87. The van der Waals surface area contributed by atoms with Gasteiger partial charge < -0.3 is 9.47 Å². The summed E-state index contributed by atoms with van der Waals surface area (Å²) in [5.74, 6) is -0.487. The zero-order chi connectivity index (χ0) is 10.6. The molecule has 1 aromatic rings. The summed E-state index contributed by atoms with van der Waals surface area (Å²) < 4.78 is 9.75. The van der Waals surface area contributed by atoms with Gasteiger partial charge in [-0.3, -0.25) is 0 Å². The minimum absolute atomic E-state index is 0.132. The van der Waals surface area contributed by atoms with E-state index in [4.69, 9.17) is 16.3 Å². The number of esters is 1. The lowest BCUT2D eigenvalue weighted by Gasteiger charge is -1.96. The van der Waals surface area contributed by atoms with Gasteiger partial charge in [0.25, 0.3) is 5.19 Å². The monoisotopic (exact) mass is 235 g/mol. The Labute approximate surface area is 90.8 Å². The van der Waals surface area contributed by atoms with E-state index in [-0.39, 0.29) is 10.0 Å². The zero-order valence-corrected chi connectivity index (χ0v) is 9.44. The predicted molar refractivity (Wildman–Crippen MR) is 54.2 cm³/mol. The maximum atomic E-state index is 11.1. The van der Waals surface area contributed by atoms with E-state index in [0.29, 0.717) is 11.8 Å². The molecule has 0 saturated carbocycles. The summed E-state index contributed by atoms with van der Waals surface area (Å²) in [6, 6.07) is 0. The highest BCUT2D eigenvalue weighted by atomic mass is 35.5. The SMILES string of the molecule is CCCOc1nc(Cl)c(C(=O)OC)s1. The van der Waals surface area contributed by atoms with E-state index in [1.807, 2.05) is 6.92 Å². The lowest BCUT2D eigenvalue weighted by Crippen LogP contribution is -1.98. The van der Waals surface area contributed by atoms with Crippen LogP contribution < -0.4 is 4.74 Å². The van der Waals surface area contributed by atoms with E-state index in [1.54, 1.807) is 0 Å². The van der Waals surface area contributed by atoms with E-state index in [0.717, 1.165) is 17.8 Å². The van der Waals surface area contributed by atoms with Gasteiger partial charge in [0.1, 0.15) is 0 Å². The van der Waals surface area contributed by atoms with Gasteiger partial charge in [-0.1, -0.05) is 29.9 Å². The van der Waals surface area contributed by atoms with Gasteiger partial charge in [0.15, 0.2) is 10.0 Å². The van der Waals surface area contributed by atoms with E-state index in [2.05, 4.69) is 9.72 Å². The van der Waals surface area contributed by atoms with Crippen molar-refractivity contribution in [3.63, 3.8) is 0 Å². The normalized spacial score (nSPS) is 9.93. The number of nitrogens with zero attached hydrogens (tertiary/aromatic N) is 1. The lowest BCUT2D eigenvalue weighted by atomic mass is 10.5. The van der Waals surface area contributed by atoms with E-state index >= 15 is 0 Å². The van der Waals surface area contributed by atoms with Gasteiger partial charge in [-0.2, -0.15) is 4.98 Å². The minimum Gasteiger partial charge on any atom is -0.470 e. The van der Waals surface area contributed by atoms with Crippen molar-refractivity contribution < 1.29 is 14.3 Å². The summed E-state index contributed by atoms with van der Waals surface area (Å²) >= 11 is 6.81. The summed E-state index contributed by atoms with van der Waals surface area (Å²) in [5, 5.41) is 0.533. The maximum absolute atomic E-state index is 11.1. The Morgan fingerprint density at radius 3 is 2.93 bits per heavy atom. The smallest absolute Gasteiger partial charge is 0.351 e. The summed E-state index contributed by atoms with van der Waals surface area (Å²) in [5.41, 5.74) is 0. The third-order valence-corrected chi connectivity index (χ3v) is 2.70. The van der Waals surface area contributed by atoms with Crippen LogP contribution in [0.25, 0.3) is 0 Å². The first-order chi connectivity index (χ1) is 6.69. The number of thiazole rings is 1. The Morgan fingerprint density at radius 2 is 2.36 bits per heavy atom. The quantitative estimate of drug-likeness (QED) is 0.752. The van der Waals surface area contributed by atoms with Crippen LogP contribution in [-0.2, 0) is 4.74 Å². The van der Waals surface area contributed by atoms with E-state index < -0.39 is 5.97 Å². The topological polar surface area (TPSA) is 48.4 Å². The Bertz CT molecular complexity index is 326. The van der Waals surface area contributed by atoms with Crippen molar-refractivity contribution in [2.75, 3.05) is 13.7 Å². The van der Waals surface area contributed by atoms with Crippen LogP contribution >= 0.6 is 22.9 Å². The molecule has 0 spiro atoms. The van der Waals surface area contributed by atoms with Crippen LogP contribution in [-0.4, -0.2) is 24.7 Å². The van der Waals surface area contributed by atoms with Gasteiger partial charge in [0.05, 0.1) is 13.7 Å². The van der Waals surface area contributed by atoms with Gasteiger partial charge in [-0.25, -0.2) is 4.79 Å². The van der Waals surface area contributed by atoms with Crippen LogP contribution in [0.5, 0.6) is 5.19 Å². The average molecular weight is 236 g/mol. The molecule has 0 atom stereocenters. The van der Waals surface area contributed by atoms with Gasteiger partial charge >= 0.3 is 5.97 Å². The Balaban J connectivity index is 2.77. The molecule has 14 heavy (non-hydrogen) atoms. The van der Waals surface area contributed by atoms with Gasteiger partial charge in [0, 0.05) is 0 Å². The molecule has 1 aromatic heterocycles. The van der Waals surface area contributed by atoms with Crippen molar-refractivity contribution in [2.24, 2.45) is 0 Å². The number of hydrogen-bond acceptors (Lipinski definition) is 5. The highest BCUT2D eigenvalue weighted by Gasteiger charge is 2.17. The number of hydrogen-bond donors (Lipinski definition) is 0. The number of aromatic nitrogens is 1. The average Bonchev–Trinajstić information content (AvgIpc) is 2.55. The predicted octanol–water partition coefficient (Wildman–Crippen LogP) is 2.37.